The first kappa shape index (κ1) is 43.8. The van der Waals surface area contributed by atoms with Crippen molar-refractivity contribution in [2.45, 2.75) is 111 Å². The number of benzene rings is 4. The Labute approximate surface area is 354 Å². The zero-order valence-electron chi connectivity index (χ0n) is 34.4. The van der Waals surface area contributed by atoms with Crippen LogP contribution >= 0.6 is 0 Å². The monoisotopic (exact) mass is 828 g/mol. The zero-order valence-corrected chi connectivity index (χ0v) is 38.3. The van der Waals surface area contributed by atoms with Gasteiger partial charge in [-0.2, -0.15) is 23.8 Å². The fourth-order valence-electron chi connectivity index (χ4n) is 8.04. The molecular weight excluding hydrogens is 775 g/mol. The molecule has 3 aliphatic carbocycles. The molecule has 3 aliphatic rings. The summed E-state index contributed by atoms with van der Waals surface area (Å²) in [5, 5.41) is 0. The summed E-state index contributed by atoms with van der Waals surface area (Å²) in [4.78, 5) is 0. The van der Waals surface area contributed by atoms with Gasteiger partial charge in [0.05, 0.1) is 0 Å². The molecule has 0 saturated heterocycles. The molecule has 0 saturated carbocycles. The van der Waals surface area contributed by atoms with Crippen molar-refractivity contribution in [3.63, 3.8) is 0 Å². The molecule has 0 bridgehead atoms. The number of allylic oxidation sites excluding steroid dienone is 4. The molecule has 0 spiro atoms. The standard InChI is InChI=1S/C25H25.C21H26.C5H5.2ClH.Zr/c1-14-12-24(3,4)22-8-16-7-17-9-23-19(15(2)13-25(23,5)6)11-21(17)20(16)10-18(14)22;1-20(2,3)18-11-7-16(8-12-18)15-17-9-13-19(14-10-17)21(4,5)6;1-2-4-5-3-1;;;/h8-12H,7H2,1-6H3;7-14H,1-6H3;1-5H;2*1H;/q-1;;-1;;;+2/p-2. The van der Waals surface area contributed by atoms with Gasteiger partial charge in [0.1, 0.15) is 0 Å². The van der Waals surface area contributed by atoms with E-state index >= 15 is 0 Å². The van der Waals surface area contributed by atoms with Crippen molar-refractivity contribution >= 4 is 14.4 Å². The minimum absolute atomic E-state index is 0. The van der Waals surface area contributed by atoms with E-state index in [1.54, 1.807) is 0 Å². The van der Waals surface area contributed by atoms with Crippen molar-refractivity contribution in [1.82, 2.24) is 0 Å². The molecule has 8 rings (SSSR count). The Morgan fingerprint density at radius 3 is 1.50 bits per heavy atom. The van der Waals surface area contributed by atoms with Gasteiger partial charge in [-0.3, -0.25) is 6.08 Å². The number of hydrogen-bond donors (Lipinski definition) is 0. The first-order valence-corrected chi connectivity index (χ1v) is 20.1. The Balaban J connectivity index is 0.000000208. The zero-order chi connectivity index (χ0) is 37.8. The van der Waals surface area contributed by atoms with E-state index in [9.17, 15) is 0 Å². The molecule has 0 unspecified atom stereocenters. The van der Waals surface area contributed by atoms with Crippen molar-refractivity contribution in [1.29, 1.82) is 0 Å². The van der Waals surface area contributed by atoms with Gasteiger partial charge in [-0.1, -0.05) is 58.2 Å². The number of halogens is 2. The largest absolute Gasteiger partial charge is 1.00 e. The maximum Gasteiger partial charge on any atom is 0.00873 e. The molecular formula is C51H56Cl2Zr-2. The van der Waals surface area contributed by atoms with Crippen molar-refractivity contribution in [3.05, 3.63) is 171 Å². The topological polar surface area (TPSA) is 0 Å². The molecule has 3 heteroatoms. The molecule has 0 amide bonds. The van der Waals surface area contributed by atoms with Crippen molar-refractivity contribution in [2.24, 2.45) is 0 Å². The summed E-state index contributed by atoms with van der Waals surface area (Å²) in [6.45, 7) is 27.2. The van der Waals surface area contributed by atoms with E-state index in [2.05, 4.69) is 168 Å². The predicted molar refractivity (Wildman–Crippen MR) is 222 cm³/mol. The first-order chi connectivity index (χ1) is 24.3. The van der Waals surface area contributed by atoms with Crippen LogP contribution < -0.4 is 24.8 Å². The van der Waals surface area contributed by atoms with Crippen LogP contribution in [0, 0.1) is 6.08 Å². The summed E-state index contributed by atoms with van der Waals surface area (Å²) < 4.78 is 1.42. The Morgan fingerprint density at radius 1 is 0.630 bits per heavy atom. The number of fused-ring (bicyclic) bond motifs is 5. The fourth-order valence-corrected chi connectivity index (χ4v) is 8.86. The van der Waals surface area contributed by atoms with Crippen LogP contribution in [0.5, 0.6) is 0 Å². The Bertz CT molecular complexity index is 2010. The van der Waals surface area contributed by atoms with Crippen LogP contribution in [-0.4, -0.2) is 3.21 Å². The quantitative estimate of drug-likeness (QED) is 0.162. The van der Waals surface area contributed by atoms with Crippen LogP contribution in [0.3, 0.4) is 0 Å². The summed E-state index contributed by atoms with van der Waals surface area (Å²) in [7, 11) is 0. The van der Waals surface area contributed by atoms with Gasteiger partial charge in [-0.25, -0.2) is 17.7 Å². The average Bonchev–Trinajstić information content (AvgIpc) is 3.85. The normalized spacial score (nSPS) is 15.3. The van der Waals surface area contributed by atoms with Gasteiger partial charge in [0.15, 0.2) is 0 Å². The molecule has 5 aromatic carbocycles. The fraction of sp³-hybridized carbons (Fsp3) is 0.333. The van der Waals surface area contributed by atoms with Gasteiger partial charge in [0, 0.05) is 5.41 Å². The minimum Gasteiger partial charge on any atom is -1.00 e. The molecule has 280 valence electrons. The summed E-state index contributed by atoms with van der Waals surface area (Å²) in [6.07, 6.45) is 7.13. The smallest absolute Gasteiger partial charge is 0.00873 e. The summed E-state index contributed by atoms with van der Waals surface area (Å²) in [6, 6.07) is 37.9. The van der Waals surface area contributed by atoms with E-state index < -0.39 is 0 Å². The average molecular weight is 831 g/mol. The summed E-state index contributed by atoms with van der Waals surface area (Å²) in [5.41, 5.74) is 20.4. The van der Waals surface area contributed by atoms with E-state index in [0.717, 1.165) is 6.42 Å². The molecule has 0 heterocycles. The molecule has 0 fully saturated rings. The van der Waals surface area contributed by atoms with E-state index in [1.165, 1.54) is 105 Å². The second-order valence-electron chi connectivity index (χ2n) is 18.2. The second kappa shape index (κ2) is 16.3. The number of rotatable bonds is 2. The Kier molecular flexibility index (Phi) is 13.2. The van der Waals surface area contributed by atoms with Gasteiger partial charge in [-0.15, -0.1) is 11.6 Å². The second-order valence-corrected chi connectivity index (χ2v) is 19.4. The molecule has 0 aromatic heterocycles. The van der Waals surface area contributed by atoms with Crippen molar-refractivity contribution < 1.29 is 49.0 Å². The maximum absolute atomic E-state index is 3.65. The van der Waals surface area contributed by atoms with Crippen molar-refractivity contribution in [3.8, 4) is 11.1 Å². The van der Waals surface area contributed by atoms with E-state index in [4.69, 9.17) is 0 Å². The van der Waals surface area contributed by atoms with Gasteiger partial charge in [0.2, 0.25) is 0 Å². The minimum atomic E-state index is 0. The SMILES string of the molecule is CC(C)(C)c1ccc([C](=[Zr+2])c2ccc(C(C)(C)C)cc2)cc1.CC1=[C-]C(C)(C)c2cc3c(cc21)-c1cc2c(cc1C3)C(C)(C)C=C2C.[Cl-].[Cl-].c1cc[cH-]c1. The molecule has 54 heavy (non-hydrogen) atoms. The molecule has 0 atom stereocenters. The Hall–Kier alpha value is -2.96. The molecule has 0 N–H and O–H groups in total. The van der Waals surface area contributed by atoms with Crippen LogP contribution in [0.15, 0.2) is 109 Å². The van der Waals surface area contributed by atoms with E-state index in [1.807, 2.05) is 30.3 Å². The van der Waals surface area contributed by atoms with E-state index in [-0.39, 0.29) is 46.5 Å². The van der Waals surface area contributed by atoms with Crippen LogP contribution in [0.1, 0.15) is 139 Å². The van der Waals surface area contributed by atoms with Crippen molar-refractivity contribution in [2.75, 3.05) is 0 Å². The molecule has 0 nitrogen and oxygen atoms in total. The third kappa shape index (κ3) is 9.02. The van der Waals surface area contributed by atoms with Gasteiger partial charge in [0.25, 0.3) is 0 Å². The molecule has 0 radical (unpaired) electrons. The summed E-state index contributed by atoms with van der Waals surface area (Å²) >= 11 is 1.46. The molecule has 5 aromatic rings. The van der Waals surface area contributed by atoms with Crippen LogP contribution in [-0.2, 0) is 52.3 Å². The summed E-state index contributed by atoms with van der Waals surface area (Å²) in [5.74, 6) is 0. The number of hydrogen-bond acceptors (Lipinski definition) is 0. The van der Waals surface area contributed by atoms with Crippen LogP contribution in [0.25, 0.3) is 22.3 Å². The van der Waals surface area contributed by atoms with Crippen LogP contribution in [0.4, 0.5) is 0 Å². The maximum atomic E-state index is 3.65. The third-order valence-corrected chi connectivity index (χ3v) is 12.5. The van der Waals surface area contributed by atoms with Crippen LogP contribution in [0.2, 0.25) is 0 Å². The molecule has 0 aliphatic heterocycles. The van der Waals surface area contributed by atoms with Gasteiger partial charge >= 0.3 is 151 Å². The third-order valence-electron chi connectivity index (χ3n) is 11.1. The first-order valence-electron chi connectivity index (χ1n) is 18.9. The Morgan fingerprint density at radius 2 is 1.07 bits per heavy atom. The van der Waals surface area contributed by atoms with Gasteiger partial charge < -0.3 is 24.8 Å². The van der Waals surface area contributed by atoms with E-state index in [0.29, 0.717) is 0 Å². The predicted octanol–water partition coefficient (Wildman–Crippen LogP) is 7.26. The van der Waals surface area contributed by atoms with Gasteiger partial charge in [-0.05, 0) is 58.4 Å².